The molecule has 2 aromatic rings. The third-order valence-corrected chi connectivity index (χ3v) is 3.36. The Morgan fingerprint density at radius 2 is 1.71 bits per heavy atom. The number of amides is 1. The van der Waals surface area contributed by atoms with Crippen molar-refractivity contribution in [3.8, 4) is 5.69 Å². The average molecular weight is 284 g/mol. The van der Waals surface area contributed by atoms with Gasteiger partial charge in [-0.2, -0.15) is 0 Å². The average Bonchev–Trinajstić information content (AvgIpc) is 2.90. The van der Waals surface area contributed by atoms with Crippen molar-refractivity contribution in [1.82, 2.24) is 9.88 Å². The summed E-state index contributed by atoms with van der Waals surface area (Å²) in [6, 6.07) is 12.3. The van der Waals surface area contributed by atoms with Gasteiger partial charge in [0.1, 0.15) is 0 Å². The number of carbonyl (C=O) groups excluding carboxylic acids is 1. The molecule has 112 valence electrons. The van der Waals surface area contributed by atoms with Crippen LogP contribution in [0.1, 0.15) is 45.7 Å². The van der Waals surface area contributed by atoms with Crippen LogP contribution in [0, 0.1) is 5.41 Å². The summed E-state index contributed by atoms with van der Waals surface area (Å²) in [7, 11) is 0. The summed E-state index contributed by atoms with van der Waals surface area (Å²) >= 11 is 0. The number of carbonyl (C=O) groups is 1. The Labute approximate surface area is 127 Å². The SMILES string of the molecule is CC(NC(=O)CC(C)(C)C)c1ccc(-n2cccc2)cc1. The fraction of sp³-hybridized carbons (Fsp3) is 0.389. The van der Waals surface area contributed by atoms with Crippen LogP contribution in [0.25, 0.3) is 5.69 Å². The lowest BCUT2D eigenvalue weighted by Crippen LogP contribution is -2.29. The molecule has 1 atom stereocenters. The Balaban J connectivity index is 2.00. The molecule has 3 nitrogen and oxygen atoms in total. The third-order valence-electron chi connectivity index (χ3n) is 3.36. The molecule has 1 aromatic heterocycles. The van der Waals surface area contributed by atoms with E-state index in [1.165, 1.54) is 0 Å². The van der Waals surface area contributed by atoms with E-state index in [1.54, 1.807) is 0 Å². The predicted octanol–water partition coefficient (Wildman–Crippen LogP) is 4.09. The molecule has 0 bridgehead atoms. The molecule has 0 radical (unpaired) electrons. The molecular weight excluding hydrogens is 260 g/mol. The van der Waals surface area contributed by atoms with Gasteiger partial charge >= 0.3 is 0 Å². The van der Waals surface area contributed by atoms with Gasteiger partial charge in [0.05, 0.1) is 6.04 Å². The lowest BCUT2D eigenvalue weighted by molar-refractivity contribution is -0.123. The van der Waals surface area contributed by atoms with Gasteiger partial charge in [-0.3, -0.25) is 4.79 Å². The molecule has 2 rings (SSSR count). The second-order valence-electron chi connectivity index (χ2n) is 6.71. The maximum Gasteiger partial charge on any atom is 0.220 e. The summed E-state index contributed by atoms with van der Waals surface area (Å²) in [5.74, 6) is 0.101. The molecule has 0 saturated heterocycles. The van der Waals surface area contributed by atoms with Crippen molar-refractivity contribution in [2.75, 3.05) is 0 Å². The van der Waals surface area contributed by atoms with Gasteiger partial charge in [-0.25, -0.2) is 0 Å². The predicted molar refractivity (Wildman–Crippen MR) is 86.4 cm³/mol. The smallest absolute Gasteiger partial charge is 0.220 e. The number of hydrogen-bond acceptors (Lipinski definition) is 1. The normalized spacial score (nSPS) is 13.0. The summed E-state index contributed by atoms with van der Waals surface area (Å²) in [6.45, 7) is 8.24. The molecule has 0 fully saturated rings. The van der Waals surface area contributed by atoms with Gasteiger partial charge in [0, 0.05) is 24.5 Å². The largest absolute Gasteiger partial charge is 0.350 e. The van der Waals surface area contributed by atoms with Crippen LogP contribution in [0.2, 0.25) is 0 Å². The highest BCUT2D eigenvalue weighted by Crippen LogP contribution is 2.20. The van der Waals surface area contributed by atoms with Gasteiger partial charge < -0.3 is 9.88 Å². The summed E-state index contributed by atoms with van der Waals surface area (Å²) in [6.07, 6.45) is 4.58. The number of aromatic nitrogens is 1. The standard InChI is InChI=1S/C18H24N2O/c1-14(19-17(21)13-18(2,3)4)15-7-9-16(10-8-15)20-11-5-6-12-20/h5-12,14H,13H2,1-4H3,(H,19,21). The van der Waals surface area contributed by atoms with E-state index in [2.05, 4.69) is 54.9 Å². The summed E-state index contributed by atoms with van der Waals surface area (Å²) < 4.78 is 2.06. The molecule has 3 heteroatoms. The highest BCUT2D eigenvalue weighted by Gasteiger charge is 2.17. The molecule has 0 aliphatic rings. The van der Waals surface area contributed by atoms with Gasteiger partial charge in [0.15, 0.2) is 0 Å². The minimum atomic E-state index is 0.0160. The first-order valence-electron chi connectivity index (χ1n) is 7.38. The van der Waals surface area contributed by atoms with Crippen molar-refractivity contribution < 1.29 is 4.79 Å². The summed E-state index contributed by atoms with van der Waals surface area (Å²) in [5, 5.41) is 3.06. The number of rotatable bonds is 4. The van der Waals surface area contributed by atoms with Crippen LogP contribution >= 0.6 is 0 Å². The van der Waals surface area contributed by atoms with Crippen LogP contribution in [0.3, 0.4) is 0 Å². The quantitative estimate of drug-likeness (QED) is 0.901. The first kappa shape index (κ1) is 15.4. The number of nitrogens with zero attached hydrogens (tertiary/aromatic N) is 1. The number of hydrogen-bond donors (Lipinski definition) is 1. The van der Waals surface area contributed by atoms with Crippen molar-refractivity contribution in [1.29, 1.82) is 0 Å². The van der Waals surface area contributed by atoms with E-state index >= 15 is 0 Å². The zero-order valence-electron chi connectivity index (χ0n) is 13.3. The van der Waals surface area contributed by atoms with Crippen LogP contribution in [0.15, 0.2) is 48.8 Å². The molecule has 1 heterocycles. The molecule has 1 unspecified atom stereocenters. The summed E-state index contributed by atoms with van der Waals surface area (Å²) in [4.78, 5) is 12.0. The van der Waals surface area contributed by atoms with E-state index in [0.717, 1.165) is 11.3 Å². The molecule has 21 heavy (non-hydrogen) atoms. The van der Waals surface area contributed by atoms with Crippen molar-refractivity contribution in [3.63, 3.8) is 0 Å². The number of nitrogens with one attached hydrogen (secondary N) is 1. The van der Waals surface area contributed by atoms with Gasteiger partial charge in [0.2, 0.25) is 5.91 Å². The first-order valence-corrected chi connectivity index (χ1v) is 7.38. The van der Waals surface area contributed by atoms with E-state index in [0.29, 0.717) is 6.42 Å². The zero-order chi connectivity index (χ0) is 15.5. The Morgan fingerprint density at radius 3 is 2.24 bits per heavy atom. The maximum atomic E-state index is 12.0. The minimum absolute atomic E-state index is 0.0160. The fourth-order valence-corrected chi connectivity index (χ4v) is 2.30. The fourth-order valence-electron chi connectivity index (χ4n) is 2.30. The van der Waals surface area contributed by atoms with E-state index < -0.39 is 0 Å². The molecule has 0 aliphatic heterocycles. The molecule has 0 aliphatic carbocycles. The van der Waals surface area contributed by atoms with Crippen LogP contribution < -0.4 is 5.32 Å². The van der Waals surface area contributed by atoms with Crippen molar-refractivity contribution in [2.45, 2.75) is 40.2 Å². The second-order valence-corrected chi connectivity index (χ2v) is 6.71. The van der Waals surface area contributed by atoms with Gasteiger partial charge in [-0.15, -0.1) is 0 Å². The minimum Gasteiger partial charge on any atom is -0.350 e. The van der Waals surface area contributed by atoms with E-state index in [4.69, 9.17) is 0 Å². The van der Waals surface area contributed by atoms with Crippen LogP contribution in [-0.4, -0.2) is 10.5 Å². The Hall–Kier alpha value is -2.03. The molecule has 1 aromatic carbocycles. The Morgan fingerprint density at radius 1 is 1.14 bits per heavy atom. The Bertz CT molecular complexity index is 577. The second kappa shape index (κ2) is 6.17. The van der Waals surface area contributed by atoms with Crippen LogP contribution in [0.5, 0.6) is 0 Å². The van der Waals surface area contributed by atoms with E-state index in [-0.39, 0.29) is 17.4 Å². The lowest BCUT2D eigenvalue weighted by atomic mass is 9.91. The maximum absolute atomic E-state index is 12.0. The third kappa shape index (κ3) is 4.48. The highest BCUT2D eigenvalue weighted by atomic mass is 16.1. The highest BCUT2D eigenvalue weighted by molar-refractivity contribution is 5.77. The monoisotopic (exact) mass is 284 g/mol. The number of benzene rings is 1. The van der Waals surface area contributed by atoms with E-state index in [9.17, 15) is 4.79 Å². The molecule has 1 amide bonds. The van der Waals surface area contributed by atoms with Crippen molar-refractivity contribution in [3.05, 3.63) is 54.4 Å². The van der Waals surface area contributed by atoms with Crippen molar-refractivity contribution in [2.24, 2.45) is 5.41 Å². The molecule has 1 N–H and O–H groups in total. The first-order chi connectivity index (χ1) is 9.85. The summed E-state index contributed by atoms with van der Waals surface area (Å²) in [5.41, 5.74) is 2.26. The van der Waals surface area contributed by atoms with Gasteiger partial charge in [-0.1, -0.05) is 32.9 Å². The van der Waals surface area contributed by atoms with Crippen molar-refractivity contribution >= 4 is 5.91 Å². The molecular formula is C18H24N2O. The molecule has 0 spiro atoms. The van der Waals surface area contributed by atoms with Crippen LogP contribution in [-0.2, 0) is 4.79 Å². The van der Waals surface area contributed by atoms with Gasteiger partial charge in [-0.05, 0) is 42.2 Å². The zero-order valence-corrected chi connectivity index (χ0v) is 13.3. The van der Waals surface area contributed by atoms with Gasteiger partial charge in [0.25, 0.3) is 0 Å². The molecule has 0 saturated carbocycles. The van der Waals surface area contributed by atoms with E-state index in [1.807, 2.05) is 31.5 Å². The Kier molecular flexibility index (Phi) is 4.51. The lowest BCUT2D eigenvalue weighted by Gasteiger charge is -2.20. The topological polar surface area (TPSA) is 34.0 Å². The van der Waals surface area contributed by atoms with Crippen LogP contribution in [0.4, 0.5) is 0 Å².